The molecule has 4 heteroatoms. The molecule has 1 rings (SSSR count). The molecule has 2 atom stereocenters. The van der Waals surface area contributed by atoms with Gasteiger partial charge in [0.1, 0.15) is 5.54 Å². The number of hydrogen-bond acceptors (Lipinski definition) is 3. The molecule has 0 aromatic rings. The van der Waals surface area contributed by atoms with E-state index in [1.807, 2.05) is 0 Å². The van der Waals surface area contributed by atoms with Gasteiger partial charge in [0.05, 0.1) is 6.10 Å². The van der Waals surface area contributed by atoms with Crippen molar-refractivity contribution in [2.24, 2.45) is 11.7 Å². The molecular weight excluding hydrogens is 206 g/mol. The van der Waals surface area contributed by atoms with Gasteiger partial charge in [-0.05, 0) is 31.6 Å². The van der Waals surface area contributed by atoms with Crippen LogP contribution in [-0.4, -0.2) is 29.3 Å². The fourth-order valence-electron chi connectivity index (χ4n) is 2.06. The van der Waals surface area contributed by atoms with Gasteiger partial charge in [-0.15, -0.1) is 0 Å². The SMILES string of the molecule is CC(C)CCOC1CCCC(N)(C(=O)O)C1. The van der Waals surface area contributed by atoms with E-state index in [1.54, 1.807) is 0 Å². The molecule has 0 aliphatic heterocycles. The van der Waals surface area contributed by atoms with Gasteiger partial charge >= 0.3 is 5.97 Å². The maximum Gasteiger partial charge on any atom is 0.323 e. The number of carbonyl (C=O) groups is 1. The molecule has 0 radical (unpaired) electrons. The van der Waals surface area contributed by atoms with Gasteiger partial charge < -0.3 is 15.6 Å². The van der Waals surface area contributed by atoms with E-state index in [2.05, 4.69) is 13.8 Å². The predicted molar refractivity (Wildman–Crippen MR) is 62.2 cm³/mol. The fourth-order valence-corrected chi connectivity index (χ4v) is 2.06. The number of nitrogens with two attached hydrogens (primary N) is 1. The molecule has 0 spiro atoms. The lowest BCUT2D eigenvalue weighted by molar-refractivity contribution is -0.147. The first-order valence-corrected chi connectivity index (χ1v) is 6.08. The summed E-state index contributed by atoms with van der Waals surface area (Å²) >= 11 is 0. The average molecular weight is 229 g/mol. The summed E-state index contributed by atoms with van der Waals surface area (Å²) in [7, 11) is 0. The molecule has 1 aliphatic carbocycles. The summed E-state index contributed by atoms with van der Waals surface area (Å²) in [6, 6.07) is 0. The van der Waals surface area contributed by atoms with Crippen LogP contribution in [0.2, 0.25) is 0 Å². The van der Waals surface area contributed by atoms with Crippen LogP contribution in [0.15, 0.2) is 0 Å². The van der Waals surface area contributed by atoms with E-state index >= 15 is 0 Å². The minimum atomic E-state index is -1.07. The number of aliphatic carboxylic acids is 1. The second-order valence-corrected chi connectivity index (χ2v) is 5.23. The Hall–Kier alpha value is -0.610. The first-order chi connectivity index (χ1) is 7.44. The summed E-state index contributed by atoms with van der Waals surface area (Å²) in [5.74, 6) is -0.282. The predicted octanol–water partition coefficient (Wildman–Crippen LogP) is 1.77. The Morgan fingerprint density at radius 3 is 2.88 bits per heavy atom. The van der Waals surface area contributed by atoms with Crippen molar-refractivity contribution in [2.75, 3.05) is 6.61 Å². The van der Waals surface area contributed by atoms with Crippen LogP contribution in [0.3, 0.4) is 0 Å². The minimum absolute atomic E-state index is 0.0219. The lowest BCUT2D eigenvalue weighted by atomic mass is 9.81. The zero-order chi connectivity index (χ0) is 12.2. The Balaban J connectivity index is 2.36. The fraction of sp³-hybridized carbons (Fsp3) is 0.917. The molecule has 16 heavy (non-hydrogen) atoms. The van der Waals surface area contributed by atoms with Gasteiger partial charge in [0.2, 0.25) is 0 Å². The molecule has 4 nitrogen and oxygen atoms in total. The standard InChI is InChI=1S/C12H23NO3/c1-9(2)5-7-16-10-4-3-6-12(13,8-10)11(14)15/h9-10H,3-8,13H2,1-2H3,(H,14,15). The second-order valence-electron chi connectivity index (χ2n) is 5.23. The second kappa shape index (κ2) is 5.64. The highest BCUT2D eigenvalue weighted by Crippen LogP contribution is 2.28. The molecule has 1 aliphatic rings. The molecule has 0 bridgehead atoms. The lowest BCUT2D eigenvalue weighted by Gasteiger charge is -2.34. The Morgan fingerprint density at radius 1 is 1.62 bits per heavy atom. The van der Waals surface area contributed by atoms with Gasteiger partial charge in [-0.1, -0.05) is 13.8 Å². The summed E-state index contributed by atoms with van der Waals surface area (Å²) < 4.78 is 5.70. The summed E-state index contributed by atoms with van der Waals surface area (Å²) in [4.78, 5) is 11.0. The van der Waals surface area contributed by atoms with Gasteiger partial charge in [0.15, 0.2) is 0 Å². The van der Waals surface area contributed by atoms with E-state index in [0.29, 0.717) is 25.4 Å². The summed E-state index contributed by atoms with van der Waals surface area (Å²) in [5, 5.41) is 9.05. The van der Waals surface area contributed by atoms with E-state index in [4.69, 9.17) is 15.6 Å². The smallest absolute Gasteiger partial charge is 0.323 e. The summed E-state index contributed by atoms with van der Waals surface area (Å²) in [6.45, 7) is 5.00. The van der Waals surface area contributed by atoms with Gasteiger partial charge in [0, 0.05) is 13.0 Å². The topological polar surface area (TPSA) is 72.5 Å². The Labute approximate surface area is 97.2 Å². The van der Waals surface area contributed by atoms with Crippen LogP contribution in [0.1, 0.15) is 46.0 Å². The van der Waals surface area contributed by atoms with Crippen LogP contribution in [-0.2, 0) is 9.53 Å². The van der Waals surface area contributed by atoms with Crippen LogP contribution in [0, 0.1) is 5.92 Å². The van der Waals surface area contributed by atoms with Crippen molar-refractivity contribution in [1.82, 2.24) is 0 Å². The molecule has 1 fully saturated rings. The van der Waals surface area contributed by atoms with E-state index < -0.39 is 11.5 Å². The third-order valence-electron chi connectivity index (χ3n) is 3.22. The highest BCUT2D eigenvalue weighted by atomic mass is 16.5. The first kappa shape index (κ1) is 13.5. The maximum absolute atomic E-state index is 11.0. The van der Waals surface area contributed by atoms with E-state index in [1.165, 1.54) is 0 Å². The van der Waals surface area contributed by atoms with E-state index in [0.717, 1.165) is 19.3 Å². The molecule has 0 aromatic carbocycles. The monoisotopic (exact) mass is 229 g/mol. The van der Waals surface area contributed by atoms with Crippen molar-refractivity contribution >= 4 is 5.97 Å². The molecule has 94 valence electrons. The molecule has 0 heterocycles. The summed E-state index contributed by atoms with van der Waals surface area (Å²) in [5.41, 5.74) is 4.78. The van der Waals surface area contributed by atoms with Crippen LogP contribution in [0.4, 0.5) is 0 Å². The third kappa shape index (κ3) is 3.76. The van der Waals surface area contributed by atoms with Crippen molar-refractivity contribution in [1.29, 1.82) is 0 Å². The number of rotatable bonds is 5. The first-order valence-electron chi connectivity index (χ1n) is 6.08. The van der Waals surface area contributed by atoms with E-state index in [-0.39, 0.29) is 6.10 Å². The molecule has 1 saturated carbocycles. The van der Waals surface area contributed by atoms with E-state index in [9.17, 15) is 4.79 Å². The third-order valence-corrected chi connectivity index (χ3v) is 3.22. The van der Waals surface area contributed by atoms with Crippen molar-refractivity contribution < 1.29 is 14.6 Å². The molecule has 0 amide bonds. The number of carboxylic acid groups (broad SMARTS) is 1. The average Bonchev–Trinajstić information content (AvgIpc) is 2.17. The van der Waals surface area contributed by atoms with Gasteiger partial charge in [-0.25, -0.2) is 0 Å². The molecule has 0 saturated heterocycles. The molecular formula is C12H23NO3. The van der Waals surface area contributed by atoms with Gasteiger partial charge in [0.25, 0.3) is 0 Å². The highest BCUT2D eigenvalue weighted by Gasteiger charge is 2.39. The van der Waals surface area contributed by atoms with Crippen LogP contribution < -0.4 is 5.73 Å². The summed E-state index contributed by atoms with van der Waals surface area (Å²) in [6.07, 6.45) is 3.82. The number of hydrogen-bond donors (Lipinski definition) is 2. The molecule has 2 unspecified atom stereocenters. The number of ether oxygens (including phenoxy) is 1. The van der Waals surface area contributed by atoms with Gasteiger partial charge in [-0.3, -0.25) is 4.79 Å². The quantitative estimate of drug-likeness (QED) is 0.753. The van der Waals surface area contributed by atoms with Crippen LogP contribution >= 0.6 is 0 Å². The van der Waals surface area contributed by atoms with Crippen molar-refractivity contribution in [3.05, 3.63) is 0 Å². The Bertz CT molecular complexity index is 242. The Kier molecular flexibility index (Phi) is 4.74. The largest absolute Gasteiger partial charge is 0.480 e. The zero-order valence-electron chi connectivity index (χ0n) is 10.2. The normalized spacial score (nSPS) is 30.6. The lowest BCUT2D eigenvalue weighted by Crippen LogP contribution is -2.52. The van der Waals surface area contributed by atoms with Crippen LogP contribution in [0.5, 0.6) is 0 Å². The van der Waals surface area contributed by atoms with Crippen molar-refractivity contribution in [3.8, 4) is 0 Å². The van der Waals surface area contributed by atoms with Gasteiger partial charge in [-0.2, -0.15) is 0 Å². The minimum Gasteiger partial charge on any atom is -0.480 e. The molecule has 3 N–H and O–H groups in total. The molecule has 0 aromatic heterocycles. The van der Waals surface area contributed by atoms with Crippen LogP contribution in [0.25, 0.3) is 0 Å². The van der Waals surface area contributed by atoms with Crippen molar-refractivity contribution in [2.45, 2.75) is 57.6 Å². The van der Waals surface area contributed by atoms with Crippen molar-refractivity contribution in [3.63, 3.8) is 0 Å². The zero-order valence-corrected chi connectivity index (χ0v) is 10.2. The Morgan fingerprint density at radius 2 is 2.31 bits per heavy atom. The maximum atomic E-state index is 11.0. The highest BCUT2D eigenvalue weighted by molar-refractivity contribution is 5.78. The number of carboxylic acids is 1.